The molecule has 0 radical (unpaired) electrons. The molecule has 194 valence electrons. The number of aromatic nitrogens is 1. The second kappa shape index (κ2) is 10.3. The van der Waals surface area contributed by atoms with Gasteiger partial charge in [0.15, 0.2) is 9.84 Å². The summed E-state index contributed by atoms with van der Waals surface area (Å²) in [4.78, 5) is 17.1. The van der Waals surface area contributed by atoms with Gasteiger partial charge in [-0.1, -0.05) is 25.1 Å². The van der Waals surface area contributed by atoms with Crippen molar-refractivity contribution in [3.05, 3.63) is 58.4 Å². The highest BCUT2D eigenvalue weighted by Gasteiger charge is 2.37. The molecule has 1 aliphatic rings. The summed E-state index contributed by atoms with van der Waals surface area (Å²) in [5.41, 5.74) is -2.51. The number of rotatable bonds is 4. The molecule has 13 heteroatoms. The first-order valence-corrected chi connectivity index (χ1v) is 12.0. The van der Waals surface area contributed by atoms with Crippen molar-refractivity contribution in [1.82, 2.24) is 9.88 Å². The van der Waals surface area contributed by atoms with E-state index in [0.29, 0.717) is 18.3 Å². The van der Waals surface area contributed by atoms with Crippen LogP contribution in [0.5, 0.6) is 0 Å². The Morgan fingerprint density at radius 2 is 1.63 bits per heavy atom. The lowest BCUT2D eigenvalue weighted by molar-refractivity contribution is -0.138. The van der Waals surface area contributed by atoms with Crippen molar-refractivity contribution >= 4 is 27.3 Å². The third kappa shape index (κ3) is 6.27. The summed E-state index contributed by atoms with van der Waals surface area (Å²) in [6, 6.07) is 4.14. The lowest BCUT2D eigenvalue weighted by atomic mass is 9.94. The van der Waals surface area contributed by atoms with Gasteiger partial charge in [0, 0.05) is 19.3 Å². The molecule has 0 unspecified atom stereocenters. The summed E-state index contributed by atoms with van der Waals surface area (Å²) in [6.45, 7) is 1.59. The summed E-state index contributed by atoms with van der Waals surface area (Å²) >= 11 is 5.83. The number of piperidine rings is 1. The molecule has 3 rings (SSSR count). The summed E-state index contributed by atoms with van der Waals surface area (Å²) in [5.74, 6) is -1.13. The fourth-order valence-corrected chi connectivity index (χ4v) is 5.80. The van der Waals surface area contributed by atoms with Crippen molar-refractivity contribution in [3.63, 3.8) is 0 Å². The number of likely N-dealkylation sites (tertiary alicyclic amines) is 1. The summed E-state index contributed by atoms with van der Waals surface area (Å²) in [6.07, 6.45) is -8.39. The SMILES string of the molecule is C.C[C@H](C1CCN(C(=O)c2ncc(C(F)(F)F)cc2Cl)CC1)S(=O)(=O)c1cccc(C(F)(F)F)c1. The van der Waals surface area contributed by atoms with Crippen LogP contribution in [-0.4, -0.2) is 42.5 Å². The molecule has 5 nitrogen and oxygen atoms in total. The van der Waals surface area contributed by atoms with E-state index in [1.807, 2.05) is 0 Å². The largest absolute Gasteiger partial charge is 0.417 e. The predicted molar refractivity (Wildman–Crippen MR) is 118 cm³/mol. The van der Waals surface area contributed by atoms with Crippen molar-refractivity contribution in [3.8, 4) is 0 Å². The average molecular weight is 545 g/mol. The van der Waals surface area contributed by atoms with Gasteiger partial charge in [0.2, 0.25) is 0 Å². The molecule has 0 bridgehead atoms. The van der Waals surface area contributed by atoms with Gasteiger partial charge in [-0.05, 0) is 49.9 Å². The number of amides is 1. The highest BCUT2D eigenvalue weighted by Crippen LogP contribution is 2.35. The minimum absolute atomic E-state index is 0. The second-order valence-electron chi connectivity index (χ2n) is 7.96. The molecule has 1 aliphatic heterocycles. The number of halogens is 7. The topological polar surface area (TPSA) is 67.3 Å². The van der Waals surface area contributed by atoms with Crippen molar-refractivity contribution < 1.29 is 39.6 Å². The van der Waals surface area contributed by atoms with Gasteiger partial charge in [0.05, 0.1) is 26.3 Å². The molecule has 1 saturated heterocycles. The Balaban J connectivity index is 0.00000432. The van der Waals surface area contributed by atoms with E-state index in [1.165, 1.54) is 11.8 Å². The van der Waals surface area contributed by atoms with Crippen LogP contribution in [0.1, 0.15) is 48.8 Å². The zero-order valence-electron chi connectivity index (χ0n) is 17.6. The van der Waals surface area contributed by atoms with Crippen LogP contribution < -0.4 is 0 Å². The minimum atomic E-state index is -4.69. The number of hydrogen-bond donors (Lipinski definition) is 0. The van der Waals surface area contributed by atoms with E-state index in [9.17, 15) is 39.6 Å². The average Bonchev–Trinajstić information content (AvgIpc) is 2.77. The Labute approximate surface area is 204 Å². The van der Waals surface area contributed by atoms with Crippen LogP contribution in [0.25, 0.3) is 0 Å². The molecule has 1 aromatic carbocycles. The highest BCUT2D eigenvalue weighted by molar-refractivity contribution is 7.92. The number of pyridine rings is 1. The molecule has 0 aliphatic carbocycles. The van der Waals surface area contributed by atoms with Gasteiger partial charge in [-0.2, -0.15) is 26.3 Å². The summed E-state index contributed by atoms with van der Waals surface area (Å²) < 4.78 is 103. The molecule has 0 spiro atoms. The molecule has 1 fully saturated rings. The molecule has 0 N–H and O–H groups in total. The highest BCUT2D eigenvalue weighted by atomic mass is 35.5. The number of nitrogens with zero attached hydrogens (tertiary/aromatic N) is 2. The molecule has 1 aromatic heterocycles. The molecular formula is C22H23ClF6N2O3S. The number of carbonyl (C=O) groups excluding carboxylic acids is 1. The van der Waals surface area contributed by atoms with E-state index in [4.69, 9.17) is 11.6 Å². The van der Waals surface area contributed by atoms with E-state index in [1.54, 1.807) is 0 Å². The zero-order chi connectivity index (χ0) is 25.5. The van der Waals surface area contributed by atoms with Crippen molar-refractivity contribution in [2.24, 2.45) is 5.92 Å². The van der Waals surface area contributed by atoms with Crippen LogP contribution in [0.3, 0.4) is 0 Å². The molecule has 1 atom stereocenters. The van der Waals surface area contributed by atoms with Crippen LogP contribution >= 0.6 is 11.6 Å². The van der Waals surface area contributed by atoms with E-state index in [2.05, 4.69) is 4.98 Å². The first-order valence-electron chi connectivity index (χ1n) is 10.1. The van der Waals surface area contributed by atoms with E-state index < -0.39 is 60.3 Å². The minimum Gasteiger partial charge on any atom is -0.337 e. The first kappa shape index (κ1) is 28.9. The second-order valence-corrected chi connectivity index (χ2v) is 10.7. The van der Waals surface area contributed by atoms with E-state index in [0.717, 1.165) is 18.2 Å². The van der Waals surface area contributed by atoms with Crippen molar-refractivity contribution in [2.45, 2.75) is 49.7 Å². The van der Waals surface area contributed by atoms with Crippen LogP contribution in [0.15, 0.2) is 41.4 Å². The van der Waals surface area contributed by atoms with Gasteiger partial charge in [-0.3, -0.25) is 4.79 Å². The number of benzene rings is 1. The Kier molecular flexibility index (Phi) is 8.53. The molecular weight excluding hydrogens is 522 g/mol. The van der Waals surface area contributed by atoms with Crippen LogP contribution in [0.2, 0.25) is 5.02 Å². The maximum absolute atomic E-state index is 13.0. The predicted octanol–water partition coefficient (Wildman–Crippen LogP) is 6.12. The quantitative estimate of drug-likeness (QED) is 0.435. The third-order valence-corrected chi connectivity index (χ3v) is 8.40. The van der Waals surface area contributed by atoms with Gasteiger partial charge in [0.1, 0.15) is 5.69 Å². The Hall–Kier alpha value is -2.34. The van der Waals surface area contributed by atoms with Crippen LogP contribution in [0.4, 0.5) is 26.3 Å². The Morgan fingerprint density at radius 3 is 2.14 bits per heavy atom. The number of alkyl halides is 6. The fraction of sp³-hybridized carbons (Fsp3) is 0.455. The Bertz CT molecular complexity index is 1180. The van der Waals surface area contributed by atoms with Gasteiger partial charge in [0.25, 0.3) is 5.91 Å². The standard InChI is InChI=1S/C21H19ClF6N2O3S.CH4/c1-12(34(32,33)16-4-2-3-14(9-16)20(23,24)25)13-5-7-30(8-6-13)19(31)18-17(22)10-15(11-29-18)21(26,27)28;/h2-4,9-13H,5-8H2,1H3;1H4/t12-;/m1./s1. The fourth-order valence-electron chi connectivity index (χ4n) is 3.79. The number of carbonyl (C=O) groups is 1. The third-order valence-electron chi connectivity index (χ3n) is 5.84. The normalized spacial score (nSPS) is 16.5. The first-order chi connectivity index (χ1) is 15.6. The zero-order valence-corrected chi connectivity index (χ0v) is 19.2. The lowest BCUT2D eigenvalue weighted by Gasteiger charge is -2.34. The smallest absolute Gasteiger partial charge is 0.337 e. The van der Waals surface area contributed by atoms with E-state index >= 15 is 0 Å². The van der Waals surface area contributed by atoms with E-state index in [-0.39, 0.29) is 39.1 Å². The molecule has 35 heavy (non-hydrogen) atoms. The molecule has 2 aromatic rings. The van der Waals surface area contributed by atoms with Crippen LogP contribution in [-0.2, 0) is 22.2 Å². The maximum Gasteiger partial charge on any atom is 0.417 e. The van der Waals surface area contributed by atoms with Crippen molar-refractivity contribution in [1.29, 1.82) is 0 Å². The number of sulfone groups is 1. The van der Waals surface area contributed by atoms with Gasteiger partial charge < -0.3 is 4.90 Å². The van der Waals surface area contributed by atoms with Gasteiger partial charge in [-0.15, -0.1) is 0 Å². The van der Waals surface area contributed by atoms with Gasteiger partial charge in [-0.25, -0.2) is 13.4 Å². The van der Waals surface area contributed by atoms with Crippen LogP contribution in [0, 0.1) is 5.92 Å². The van der Waals surface area contributed by atoms with Crippen molar-refractivity contribution in [2.75, 3.05) is 13.1 Å². The number of hydrogen-bond acceptors (Lipinski definition) is 4. The lowest BCUT2D eigenvalue weighted by Crippen LogP contribution is -2.42. The molecule has 2 heterocycles. The molecule has 0 saturated carbocycles. The summed E-state index contributed by atoms with van der Waals surface area (Å²) in [5, 5.41) is -1.47. The van der Waals surface area contributed by atoms with Gasteiger partial charge >= 0.3 is 12.4 Å². The monoisotopic (exact) mass is 544 g/mol. The summed E-state index contributed by atoms with van der Waals surface area (Å²) in [7, 11) is -4.08. The molecule has 1 amide bonds. The maximum atomic E-state index is 13.0. The Morgan fingerprint density at radius 1 is 1.06 bits per heavy atom.